The van der Waals surface area contributed by atoms with E-state index in [9.17, 15) is 0 Å². The third-order valence-corrected chi connectivity index (χ3v) is 3.71. The average molecular weight is 169 g/mol. The molecule has 0 saturated carbocycles. The molecule has 3 aliphatic heterocycles. The number of rotatable bonds is 1. The van der Waals surface area contributed by atoms with Gasteiger partial charge in [0.1, 0.15) is 12.2 Å². The van der Waals surface area contributed by atoms with E-state index in [0.29, 0.717) is 30.4 Å². The first kappa shape index (κ1) is 7.30. The number of methoxy groups -OCH3 is 1. The van der Waals surface area contributed by atoms with Crippen LogP contribution in [0, 0.1) is 0 Å². The molecule has 12 heavy (non-hydrogen) atoms. The second-order valence-corrected chi connectivity index (χ2v) is 4.19. The maximum Gasteiger partial charge on any atom is 0.101 e. The van der Waals surface area contributed by atoms with Crippen LogP contribution in [-0.4, -0.2) is 49.5 Å². The van der Waals surface area contributed by atoms with Crippen LogP contribution in [0.3, 0.4) is 0 Å². The van der Waals surface area contributed by atoms with Crippen molar-refractivity contribution in [1.82, 2.24) is 4.90 Å². The van der Waals surface area contributed by atoms with Gasteiger partial charge in [0.05, 0.1) is 6.10 Å². The molecule has 3 heterocycles. The first-order chi connectivity index (χ1) is 5.81. The molecule has 0 aliphatic carbocycles. The summed E-state index contributed by atoms with van der Waals surface area (Å²) in [6.45, 7) is 0. The summed E-state index contributed by atoms with van der Waals surface area (Å²) in [6.07, 6.45) is 3.88. The highest BCUT2D eigenvalue weighted by molar-refractivity contribution is 5.13. The Bertz CT molecular complexity index is 191. The minimum absolute atomic E-state index is 0.479. The SMILES string of the molecule is COC1CC2C3OC3C(C1)N2C. The van der Waals surface area contributed by atoms with Crippen molar-refractivity contribution in [3.63, 3.8) is 0 Å². The van der Waals surface area contributed by atoms with E-state index in [1.807, 2.05) is 7.11 Å². The summed E-state index contributed by atoms with van der Waals surface area (Å²) in [4.78, 5) is 2.48. The molecule has 4 unspecified atom stereocenters. The largest absolute Gasteiger partial charge is 0.381 e. The lowest BCUT2D eigenvalue weighted by Gasteiger charge is -2.37. The number of morpholine rings is 1. The normalized spacial score (nSPS) is 57.0. The van der Waals surface area contributed by atoms with Gasteiger partial charge in [0.2, 0.25) is 0 Å². The van der Waals surface area contributed by atoms with Crippen molar-refractivity contribution >= 4 is 0 Å². The molecule has 68 valence electrons. The quantitative estimate of drug-likeness (QED) is 0.526. The summed E-state index contributed by atoms with van der Waals surface area (Å²) in [7, 11) is 4.04. The van der Waals surface area contributed by atoms with Crippen LogP contribution in [0.15, 0.2) is 0 Å². The zero-order chi connectivity index (χ0) is 8.29. The Hall–Kier alpha value is -0.120. The van der Waals surface area contributed by atoms with Crippen molar-refractivity contribution in [1.29, 1.82) is 0 Å². The number of fused-ring (bicyclic) bond motifs is 5. The second-order valence-electron chi connectivity index (χ2n) is 4.19. The van der Waals surface area contributed by atoms with E-state index in [4.69, 9.17) is 9.47 Å². The number of hydrogen-bond acceptors (Lipinski definition) is 3. The molecule has 3 heteroatoms. The van der Waals surface area contributed by atoms with Gasteiger partial charge in [0.15, 0.2) is 0 Å². The van der Waals surface area contributed by atoms with E-state index in [2.05, 4.69) is 11.9 Å². The van der Waals surface area contributed by atoms with Crippen molar-refractivity contribution in [2.45, 2.75) is 43.2 Å². The zero-order valence-corrected chi connectivity index (χ0v) is 7.56. The maximum absolute atomic E-state index is 5.59. The van der Waals surface area contributed by atoms with Crippen LogP contribution in [0.25, 0.3) is 0 Å². The first-order valence-corrected chi connectivity index (χ1v) is 4.71. The maximum atomic E-state index is 5.59. The minimum atomic E-state index is 0.479. The standard InChI is InChI=1S/C9H15NO2/c1-10-6-3-5(11-2)4-7(10)9-8(6)12-9/h5-9H,3-4H2,1-2H3. The van der Waals surface area contributed by atoms with E-state index in [0.717, 1.165) is 12.8 Å². The first-order valence-electron chi connectivity index (χ1n) is 4.71. The fourth-order valence-electron chi connectivity index (χ4n) is 2.89. The van der Waals surface area contributed by atoms with Crippen LogP contribution in [0.1, 0.15) is 12.8 Å². The Balaban J connectivity index is 1.82. The van der Waals surface area contributed by atoms with Crippen molar-refractivity contribution < 1.29 is 9.47 Å². The highest BCUT2D eigenvalue weighted by Crippen LogP contribution is 2.47. The van der Waals surface area contributed by atoms with Gasteiger partial charge in [-0.2, -0.15) is 0 Å². The summed E-state index contributed by atoms with van der Waals surface area (Å²) in [5, 5.41) is 0. The lowest BCUT2D eigenvalue weighted by Crippen LogP contribution is -2.47. The summed E-state index contributed by atoms with van der Waals surface area (Å²) in [5.74, 6) is 0. The molecule has 3 rings (SSSR count). The Morgan fingerprint density at radius 1 is 1.25 bits per heavy atom. The predicted molar refractivity (Wildman–Crippen MR) is 44.0 cm³/mol. The van der Waals surface area contributed by atoms with Gasteiger partial charge in [-0.15, -0.1) is 0 Å². The lowest BCUT2D eigenvalue weighted by molar-refractivity contribution is -0.0199. The number of nitrogens with zero attached hydrogens (tertiary/aromatic N) is 1. The fourth-order valence-corrected chi connectivity index (χ4v) is 2.89. The lowest BCUT2D eigenvalue weighted by atomic mass is 9.99. The van der Waals surface area contributed by atoms with E-state index < -0.39 is 0 Å². The molecule has 0 spiro atoms. The average Bonchev–Trinajstić information content (AvgIpc) is 2.79. The Labute approximate surface area is 72.6 Å². The van der Waals surface area contributed by atoms with Crippen LogP contribution in [0.4, 0.5) is 0 Å². The summed E-state index contributed by atoms with van der Waals surface area (Å²) in [5.41, 5.74) is 0. The second kappa shape index (κ2) is 2.22. The molecule has 3 saturated heterocycles. The molecule has 3 aliphatic rings. The number of piperidine rings is 1. The van der Waals surface area contributed by atoms with Gasteiger partial charge >= 0.3 is 0 Å². The zero-order valence-electron chi connectivity index (χ0n) is 7.56. The van der Waals surface area contributed by atoms with Gasteiger partial charge in [-0.1, -0.05) is 0 Å². The van der Waals surface area contributed by atoms with E-state index in [-0.39, 0.29) is 0 Å². The Morgan fingerprint density at radius 3 is 2.33 bits per heavy atom. The number of ether oxygens (including phenoxy) is 2. The van der Waals surface area contributed by atoms with E-state index >= 15 is 0 Å². The van der Waals surface area contributed by atoms with Crippen LogP contribution >= 0.6 is 0 Å². The van der Waals surface area contributed by atoms with E-state index in [1.165, 1.54) is 0 Å². The monoisotopic (exact) mass is 169 g/mol. The molecule has 4 atom stereocenters. The van der Waals surface area contributed by atoms with Gasteiger partial charge in [-0.3, -0.25) is 4.90 Å². The highest BCUT2D eigenvalue weighted by atomic mass is 16.6. The molecular weight excluding hydrogens is 154 g/mol. The van der Waals surface area contributed by atoms with Gasteiger partial charge in [-0.25, -0.2) is 0 Å². The molecule has 0 aromatic rings. The molecule has 0 aromatic heterocycles. The van der Waals surface area contributed by atoms with Gasteiger partial charge in [0, 0.05) is 19.2 Å². The summed E-state index contributed by atoms with van der Waals surface area (Å²) >= 11 is 0. The van der Waals surface area contributed by atoms with Gasteiger partial charge < -0.3 is 9.47 Å². The number of hydrogen-bond donors (Lipinski definition) is 0. The van der Waals surface area contributed by atoms with Crippen molar-refractivity contribution in [3.05, 3.63) is 0 Å². The molecular formula is C9H15NO2. The molecule has 3 nitrogen and oxygen atoms in total. The van der Waals surface area contributed by atoms with Crippen molar-refractivity contribution in [2.24, 2.45) is 0 Å². The van der Waals surface area contributed by atoms with Crippen LogP contribution in [-0.2, 0) is 9.47 Å². The van der Waals surface area contributed by atoms with Crippen molar-refractivity contribution in [2.75, 3.05) is 14.2 Å². The fraction of sp³-hybridized carbons (Fsp3) is 1.00. The highest BCUT2D eigenvalue weighted by Gasteiger charge is 2.62. The predicted octanol–water partition coefficient (Wildman–Crippen LogP) is 0.245. The molecule has 0 aromatic carbocycles. The molecule has 0 radical (unpaired) electrons. The minimum Gasteiger partial charge on any atom is -0.381 e. The third-order valence-electron chi connectivity index (χ3n) is 3.71. The van der Waals surface area contributed by atoms with Crippen LogP contribution < -0.4 is 0 Å². The van der Waals surface area contributed by atoms with Crippen LogP contribution in [0.5, 0.6) is 0 Å². The number of epoxide rings is 1. The Kier molecular flexibility index (Phi) is 1.35. The third kappa shape index (κ3) is 0.767. The molecule has 2 bridgehead atoms. The smallest absolute Gasteiger partial charge is 0.101 e. The molecule has 3 fully saturated rings. The topological polar surface area (TPSA) is 25.0 Å². The van der Waals surface area contributed by atoms with Crippen LogP contribution in [0.2, 0.25) is 0 Å². The molecule has 0 amide bonds. The summed E-state index contributed by atoms with van der Waals surface area (Å²) < 4.78 is 11.0. The van der Waals surface area contributed by atoms with E-state index in [1.54, 1.807) is 0 Å². The van der Waals surface area contributed by atoms with Gasteiger partial charge in [0.25, 0.3) is 0 Å². The van der Waals surface area contributed by atoms with Crippen molar-refractivity contribution in [3.8, 4) is 0 Å². The molecule has 0 N–H and O–H groups in total. The Morgan fingerprint density at radius 2 is 1.83 bits per heavy atom. The number of likely N-dealkylation sites (N-methyl/N-ethyl adjacent to an activating group) is 1. The van der Waals surface area contributed by atoms with Gasteiger partial charge in [-0.05, 0) is 19.9 Å². The summed E-state index contributed by atoms with van der Waals surface area (Å²) in [6, 6.07) is 1.28.